The Morgan fingerprint density at radius 1 is 0.286 bits per heavy atom. The lowest BCUT2D eigenvalue weighted by atomic mass is 9.80. The highest BCUT2D eigenvalue weighted by atomic mass is 16.2. The average molecular weight is 715 g/mol. The summed E-state index contributed by atoms with van der Waals surface area (Å²) in [6, 6.07) is 42.5. The van der Waals surface area contributed by atoms with Crippen molar-refractivity contribution in [2.24, 2.45) is 0 Å². The molecule has 0 spiro atoms. The number of rotatable bonds is 1. The molecule has 0 atom stereocenters. The zero-order chi connectivity index (χ0) is 36.9. The molecule has 0 unspecified atom stereocenters. The van der Waals surface area contributed by atoms with Crippen molar-refractivity contribution in [3.8, 4) is 0 Å². The van der Waals surface area contributed by atoms with Gasteiger partial charge in [-0.25, -0.2) is 4.90 Å². The number of imide groups is 2. The number of hydrogen-bond donors (Lipinski definition) is 1. The maximum Gasteiger partial charge on any atom is 0.265 e. The Labute approximate surface area is 315 Å². The maximum atomic E-state index is 14.1. The first kappa shape index (κ1) is 28.8. The number of amides is 4. The van der Waals surface area contributed by atoms with E-state index in [-0.39, 0.29) is 23.6 Å². The van der Waals surface area contributed by atoms with Crippen LogP contribution in [0.2, 0.25) is 0 Å². The number of hydrogen-bond acceptors (Lipinski definition) is 4. The molecular formula is C50H22N2O4. The number of carbonyl (C=O) groups is 4. The first-order valence-corrected chi connectivity index (χ1v) is 18.7. The largest absolute Gasteiger partial charge is 0.288 e. The number of nitrogens with zero attached hydrogens (tertiary/aromatic N) is 1. The third-order valence-electron chi connectivity index (χ3n) is 13.0. The Balaban J connectivity index is 1.10. The van der Waals surface area contributed by atoms with E-state index in [0.717, 1.165) is 86.2 Å². The monoisotopic (exact) mass is 714 g/mol. The van der Waals surface area contributed by atoms with Gasteiger partial charge in [-0.3, -0.25) is 24.5 Å². The van der Waals surface area contributed by atoms with E-state index in [0.29, 0.717) is 27.9 Å². The van der Waals surface area contributed by atoms with Crippen LogP contribution in [0.3, 0.4) is 0 Å². The van der Waals surface area contributed by atoms with Crippen LogP contribution in [-0.4, -0.2) is 23.6 Å². The van der Waals surface area contributed by atoms with Crippen molar-refractivity contribution in [3.63, 3.8) is 0 Å². The van der Waals surface area contributed by atoms with Gasteiger partial charge < -0.3 is 0 Å². The Kier molecular flexibility index (Phi) is 4.79. The number of anilines is 1. The molecule has 56 heavy (non-hydrogen) atoms. The first-order chi connectivity index (χ1) is 27.5. The molecule has 0 aliphatic carbocycles. The number of carbonyl (C=O) groups excluding carboxylic acids is 4. The molecule has 14 rings (SSSR count). The van der Waals surface area contributed by atoms with E-state index < -0.39 is 0 Å². The van der Waals surface area contributed by atoms with Crippen LogP contribution >= 0.6 is 0 Å². The van der Waals surface area contributed by atoms with Crippen LogP contribution in [0.5, 0.6) is 0 Å². The number of benzene rings is 12. The van der Waals surface area contributed by atoms with Crippen molar-refractivity contribution < 1.29 is 19.2 Å². The molecule has 0 aromatic heterocycles. The number of nitrogens with one attached hydrogen (secondary N) is 1. The fraction of sp³-hybridized carbons (Fsp3) is 0. The van der Waals surface area contributed by atoms with E-state index in [9.17, 15) is 19.2 Å². The molecule has 0 bridgehead atoms. The summed E-state index contributed by atoms with van der Waals surface area (Å²) in [5.41, 5.74) is 2.67. The van der Waals surface area contributed by atoms with Crippen molar-refractivity contribution in [1.29, 1.82) is 0 Å². The minimum absolute atomic E-state index is 0.313. The molecule has 0 saturated heterocycles. The molecule has 0 fully saturated rings. The van der Waals surface area contributed by atoms with Gasteiger partial charge in [-0.05, 0) is 133 Å². The predicted octanol–water partition coefficient (Wildman–Crippen LogP) is 11.2. The van der Waals surface area contributed by atoms with Crippen molar-refractivity contribution in [1.82, 2.24) is 5.32 Å². The average Bonchev–Trinajstić information content (AvgIpc) is 3.23. The van der Waals surface area contributed by atoms with Gasteiger partial charge >= 0.3 is 0 Å². The van der Waals surface area contributed by atoms with Crippen LogP contribution < -0.4 is 10.2 Å². The molecule has 1 N–H and O–H groups in total. The van der Waals surface area contributed by atoms with Gasteiger partial charge in [-0.2, -0.15) is 0 Å². The van der Waals surface area contributed by atoms with E-state index in [1.54, 1.807) is 12.1 Å². The van der Waals surface area contributed by atoms with Crippen molar-refractivity contribution >= 4 is 137 Å². The molecular weight excluding hydrogens is 693 g/mol. The molecule has 2 aliphatic rings. The van der Waals surface area contributed by atoms with Crippen LogP contribution in [0.4, 0.5) is 5.69 Å². The van der Waals surface area contributed by atoms with Crippen molar-refractivity contribution in [2.75, 3.05) is 4.90 Å². The van der Waals surface area contributed by atoms with Gasteiger partial charge in [0.25, 0.3) is 23.6 Å². The summed E-state index contributed by atoms with van der Waals surface area (Å²) in [4.78, 5) is 55.3. The lowest BCUT2D eigenvalue weighted by Crippen LogP contribution is -2.40. The van der Waals surface area contributed by atoms with Crippen LogP contribution in [0, 0.1) is 0 Å². The fourth-order valence-electron chi connectivity index (χ4n) is 10.8. The van der Waals surface area contributed by atoms with E-state index in [2.05, 4.69) is 66.0 Å². The lowest BCUT2D eigenvalue weighted by molar-refractivity contribution is 0.0840. The number of fused-ring (bicyclic) bond motifs is 6. The van der Waals surface area contributed by atoms with Gasteiger partial charge in [0, 0.05) is 33.0 Å². The highest BCUT2D eigenvalue weighted by Crippen LogP contribution is 2.52. The van der Waals surface area contributed by atoms with Crippen LogP contribution in [0.15, 0.2) is 127 Å². The Morgan fingerprint density at radius 3 is 0.893 bits per heavy atom. The highest BCUT2D eigenvalue weighted by Gasteiger charge is 2.35. The molecule has 4 amide bonds. The van der Waals surface area contributed by atoms with Gasteiger partial charge in [0.2, 0.25) is 0 Å². The summed E-state index contributed by atoms with van der Waals surface area (Å²) < 4.78 is 0. The molecule has 12 aromatic rings. The second-order valence-electron chi connectivity index (χ2n) is 15.3. The van der Waals surface area contributed by atoms with Gasteiger partial charge in [-0.1, -0.05) is 91.0 Å². The molecule has 256 valence electrons. The summed E-state index contributed by atoms with van der Waals surface area (Å²) in [7, 11) is 0. The molecule has 0 saturated carbocycles. The highest BCUT2D eigenvalue weighted by molar-refractivity contribution is 6.48. The Morgan fingerprint density at radius 2 is 0.554 bits per heavy atom. The third kappa shape index (κ3) is 3.06. The van der Waals surface area contributed by atoms with Gasteiger partial charge in [0.15, 0.2) is 0 Å². The molecule has 2 heterocycles. The maximum absolute atomic E-state index is 14.1. The summed E-state index contributed by atoms with van der Waals surface area (Å²) in [5.74, 6) is -1.35. The van der Waals surface area contributed by atoms with E-state index in [1.165, 1.54) is 26.4 Å². The summed E-state index contributed by atoms with van der Waals surface area (Å²) >= 11 is 0. The quantitative estimate of drug-likeness (QED) is 0.104. The van der Waals surface area contributed by atoms with Gasteiger partial charge in [0.1, 0.15) is 0 Å². The Hall–Kier alpha value is -7.70. The minimum Gasteiger partial charge on any atom is -0.288 e. The zero-order valence-electron chi connectivity index (χ0n) is 29.2. The number of para-hydroxylation sites is 1. The SMILES string of the molecule is O=C1NC(=O)c2ccc3c4ccc5c6ccc7c8ccc9c%10c(ccc(c%11ccc(c%12ccc(c%13ccc1c2c%133)c4c%125)c6c%117)c%108)C(=O)N(c1ccccc1)C9=O. The van der Waals surface area contributed by atoms with Crippen LogP contribution in [0.25, 0.3) is 108 Å². The topological polar surface area (TPSA) is 83.6 Å². The predicted molar refractivity (Wildman–Crippen MR) is 224 cm³/mol. The van der Waals surface area contributed by atoms with Crippen molar-refractivity contribution in [2.45, 2.75) is 0 Å². The normalized spacial score (nSPS) is 14.7. The van der Waals surface area contributed by atoms with Gasteiger partial charge in [0.05, 0.1) is 5.69 Å². The van der Waals surface area contributed by atoms with E-state index in [4.69, 9.17) is 0 Å². The molecule has 0 radical (unpaired) electrons. The second-order valence-corrected chi connectivity index (χ2v) is 15.3. The summed E-state index contributed by atoms with van der Waals surface area (Å²) in [6.07, 6.45) is 0. The zero-order valence-corrected chi connectivity index (χ0v) is 29.2. The first-order valence-electron chi connectivity index (χ1n) is 18.7. The summed E-state index contributed by atoms with van der Waals surface area (Å²) in [6.45, 7) is 0. The Bertz CT molecular complexity index is 3700. The molecule has 2 aliphatic heterocycles. The lowest BCUT2D eigenvalue weighted by Gasteiger charge is -2.28. The second kappa shape index (κ2) is 9.32. The van der Waals surface area contributed by atoms with Crippen LogP contribution in [0.1, 0.15) is 41.4 Å². The van der Waals surface area contributed by atoms with E-state index >= 15 is 0 Å². The van der Waals surface area contributed by atoms with Crippen LogP contribution in [-0.2, 0) is 0 Å². The molecule has 6 heteroatoms. The minimum atomic E-state index is -0.363. The molecule has 12 aromatic carbocycles. The van der Waals surface area contributed by atoms with Gasteiger partial charge in [-0.15, -0.1) is 0 Å². The smallest absolute Gasteiger partial charge is 0.265 e. The molecule has 6 nitrogen and oxygen atoms in total. The van der Waals surface area contributed by atoms with E-state index in [1.807, 2.05) is 54.6 Å². The standard InChI is InChI=1S/C50H22N2O4/c53-47-35-18-14-31-27-10-6-23-25-8-12-29-33-16-20-37-46-38(50(56)52(49(37)55)22-4-2-1-3-5-22)21-17-34(44(33)46)30-13-9-26(40(25)42(29)30)24-7-11-28(41(27)39(23)24)32-15-19-36(48(54)51-47)45(35)43(31)32/h1-21H,(H,51,53,54). The summed E-state index contributed by atoms with van der Waals surface area (Å²) in [5, 5.41) is 23.6. The van der Waals surface area contributed by atoms with Crippen molar-refractivity contribution in [3.05, 3.63) is 150 Å². The third-order valence-corrected chi connectivity index (χ3v) is 13.0. The fourth-order valence-corrected chi connectivity index (χ4v) is 10.8.